The molecule has 1 heterocycles. The van der Waals surface area contributed by atoms with Crippen LogP contribution in [0.5, 0.6) is 0 Å². The van der Waals surface area contributed by atoms with E-state index in [4.69, 9.17) is 0 Å². The Balaban J connectivity index is 1.91. The molecule has 0 aliphatic carbocycles. The molecule has 0 saturated carbocycles. The Morgan fingerprint density at radius 1 is 1.09 bits per heavy atom. The van der Waals surface area contributed by atoms with Gasteiger partial charge < -0.3 is 15.7 Å². The summed E-state index contributed by atoms with van der Waals surface area (Å²) in [7, 11) is 0. The number of aliphatic hydroxyl groups is 1. The van der Waals surface area contributed by atoms with Crippen LogP contribution in [0.2, 0.25) is 0 Å². The lowest BCUT2D eigenvalue weighted by atomic mass is 10.0. The van der Waals surface area contributed by atoms with Crippen LogP contribution in [0.3, 0.4) is 0 Å². The van der Waals surface area contributed by atoms with Gasteiger partial charge in [0.1, 0.15) is 23.3 Å². The molecule has 2 amide bonds. The highest BCUT2D eigenvalue weighted by Gasteiger charge is 2.25. The third-order valence-electron chi connectivity index (χ3n) is 5.04. The van der Waals surface area contributed by atoms with Crippen molar-refractivity contribution in [3.05, 3.63) is 77.7 Å². The first-order chi connectivity index (χ1) is 15.6. The minimum absolute atomic E-state index is 0.119. The number of halogens is 3. The van der Waals surface area contributed by atoms with Crippen molar-refractivity contribution in [2.75, 3.05) is 10.2 Å². The number of carbonyl (C=O) groups is 1. The van der Waals surface area contributed by atoms with Gasteiger partial charge in [-0.05, 0) is 57.2 Å². The van der Waals surface area contributed by atoms with Crippen LogP contribution >= 0.6 is 0 Å². The van der Waals surface area contributed by atoms with Gasteiger partial charge in [0, 0.05) is 17.8 Å². The number of aromatic nitrogens is 2. The topological polar surface area (TPSA) is 90.4 Å². The van der Waals surface area contributed by atoms with Crippen molar-refractivity contribution in [3.8, 4) is 0 Å². The molecule has 3 aromatic rings. The van der Waals surface area contributed by atoms with Gasteiger partial charge in [0.05, 0.1) is 23.9 Å². The molecule has 7 nitrogen and oxygen atoms in total. The number of carbonyl (C=O) groups excluding carboxylic acids is 1. The zero-order chi connectivity index (χ0) is 24.2. The van der Waals surface area contributed by atoms with E-state index in [1.54, 1.807) is 20.8 Å². The molecule has 3 N–H and O–H groups in total. The molecule has 0 radical (unpaired) electrons. The highest BCUT2D eigenvalue weighted by molar-refractivity contribution is 5.98. The maximum absolute atomic E-state index is 14.0. The largest absolute Gasteiger partial charge is 0.388 e. The second-order valence-electron chi connectivity index (χ2n) is 7.93. The molecule has 0 aliphatic rings. The van der Waals surface area contributed by atoms with E-state index in [0.717, 1.165) is 17.0 Å². The van der Waals surface area contributed by atoms with Gasteiger partial charge in [-0.3, -0.25) is 0 Å². The zero-order valence-electron chi connectivity index (χ0n) is 18.3. The average molecular weight is 459 g/mol. The Morgan fingerprint density at radius 3 is 2.33 bits per heavy atom. The van der Waals surface area contributed by atoms with Gasteiger partial charge in [-0.2, -0.15) is 4.98 Å². The third-order valence-corrected chi connectivity index (χ3v) is 5.04. The van der Waals surface area contributed by atoms with E-state index in [1.165, 1.54) is 42.6 Å². The summed E-state index contributed by atoms with van der Waals surface area (Å²) in [5, 5.41) is 15.6. The first-order valence-electron chi connectivity index (χ1n) is 10.1. The predicted octanol–water partition coefficient (Wildman–Crippen LogP) is 4.51. The summed E-state index contributed by atoms with van der Waals surface area (Å²) in [4.78, 5) is 22.6. The van der Waals surface area contributed by atoms with E-state index in [1.807, 2.05) is 0 Å². The molecule has 0 bridgehead atoms. The molecule has 0 aliphatic heterocycles. The van der Waals surface area contributed by atoms with Crippen molar-refractivity contribution in [1.29, 1.82) is 0 Å². The van der Waals surface area contributed by atoms with Crippen molar-refractivity contribution in [2.45, 2.75) is 39.0 Å². The summed E-state index contributed by atoms with van der Waals surface area (Å²) in [6, 6.07) is 8.77. The number of hydrogen-bond acceptors (Lipinski definition) is 5. The number of nitrogens with one attached hydrogen (secondary N) is 2. The monoisotopic (exact) mass is 459 g/mol. The molecule has 1 unspecified atom stereocenters. The highest BCUT2D eigenvalue weighted by atomic mass is 19.1. The Kier molecular flexibility index (Phi) is 7.17. The van der Waals surface area contributed by atoms with Gasteiger partial charge in [0.15, 0.2) is 0 Å². The summed E-state index contributed by atoms with van der Waals surface area (Å²) >= 11 is 0. The van der Waals surface area contributed by atoms with Gasteiger partial charge in [0.2, 0.25) is 5.95 Å². The Hall–Kier alpha value is -3.66. The number of benzene rings is 2. The van der Waals surface area contributed by atoms with Crippen LogP contribution in [-0.2, 0) is 6.54 Å². The van der Waals surface area contributed by atoms with E-state index < -0.39 is 41.7 Å². The molecule has 1 aromatic heterocycles. The molecule has 2 aromatic carbocycles. The molecule has 0 saturated heterocycles. The Bertz CT molecular complexity index is 1100. The van der Waals surface area contributed by atoms with Crippen LogP contribution in [0.25, 0.3) is 0 Å². The lowest BCUT2D eigenvalue weighted by Gasteiger charge is -2.27. The summed E-state index contributed by atoms with van der Waals surface area (Å²) in [5.74, 6) is -1.83. The van der Waals surface area contributed by atoms with Gasteiger partial charge in [-0.25, -0.2) is 27.8 Å². The van der Waals surface area contributed by atoms with Crippen LogP contribution in [0, 0.1) is 17.5 Å². The fourth-order valence-corrected chi connectivity index (χ4v) is 2.80. The number of amides is 2. The van der Waals surface area contributed by atoms with Gasteiger partial charge in [-0.15, -0.1) is 0 Å². The number of anilines is 3. The first-order valence-corrected chi connectivity index (χ1v) is 10.1. The summed E-state index contributed by atoms with van der Waals surface area (Å²) in [6.45, 7) is 4.56. The van der Waals surface area contributed by atoms with E-state index in [0.29, 0.717) is 0 Å². The smallest absolute Gasteiger partial charge is 0.327 e. The van der Waals surface area contributed by atoms with Crippen molar-refractivity contribution in [2.24, 2.45) is 0 Å². The van der Waals surface area contributed by atoms with E-state index in [9.17, 15) is 23.1 Å². The lowest BCUT2D eigenvalue weighted by Crippen LogP contribution is -2.40. The lowest BCUT2D eigenvalue weighted by molar-refractivity contribution is 0.0646. The molecule has 1 atom stereocenters. The van der Waals surface area contributed by atoms with Crippen molar-refractivity contribution in [1.82, 2.24) is 15.3 Å². The van der Waals surface area contributed by atoms with Crippen LogP contribution in [0.4, 0.5) is 35.4 Å². The van der Waals surface area contributed by atoms with Gasteiger partial charge >= 0.3 is 6.03 Å². The number of rotatable bonds is 7. The van der Waals surface area contributed by atoms with E-state index in [2.05, 4.69) is 20.6 Å². The molecular formula is C23H24F3N5O2. The summed E-state index contributed by atoms with van der Waals surface area (Å²) in [5.41, 5.74) is -1.10. The highest BCUT2D eigenvalue weighted by Crippen LogP contribution is 2.25. The van der Waals surface area contributed by atoms with Crippen LogP contribution < -0.4 is 15.5 Å². The summed E-state index contributed by atoms with van der Waals surface area (Å²) < 4.78 is 41.4. The molecule has 33 heavy (non-hydrogen) atoms. The number of urea groups is 1. The Morgan fingerprint density at radius 2 is 1.73 bits per heavy atom. The van der Waals surface area contributed by atoms with Gasteiger partial charge in [0.25, 0.3) is 0 Å². The fourth-order valence-electron chi connectivity index (χ4n) is 2.80. The van der Waals surface area contributed by atoms with Crippen molar-refractivity contribution in [3.63, 3.8) is 0 Å². The first kappa shape index (κ1) is 24.0. The zero-order valence-corrected chi connectivity index (χ0v) is 18.3. The molecular weight excluding hydrogens is 435 g/mol. The normalized spacial score (nSPS) is 12.2. The maximum atomic E-state index is 14.0. The van der Waals surface area contributed by atoms with Crippen molar-refractivity contribution < 1.29 is 23.1 Å². The molecule has 0 fully saturated rings. The van der Waals surface area contributed by atoms with Crippen molar-refractivity contribution >= 4 is 23.5 Å². The second kappa shape index (κ2) is 9.86. The quantitative estimate of drug-likeness (QED) is 0.484. The SMILES string of the molecule is CC(Nc1nccc(N(C(=O)NCc2c(F)cccc2F)c2ccc(F)cc2)n1)C(C)(C)O. The standard InChI is InChI=1S/C23H24F3N5O2/c1-14(23(2,3)33)29-21-27-12-11-20(30-21)31(16-9-7-15(24)8-10-16)22(32)28-13-17-18(25)5-4-6-19(17)26/h4-12,14,33H,13H2,1-3H3,(H,28,32)(H,27,29,30). The molecule has 174 valence electrons. The molecule has 10 heteroatoms. The minimum atomic E-state index is -1.07. The van der Waals surface area contributed by atoms with E-state index >= 15 is 0 Å². The maximum Gasteiger partial charge on any atom is 0.327 e. The van der Waals surface area contributed by atoms with Crippen LogP contribution in [0.15, 0.2) is 54.7 Å². The summed E-state index contributed by atoms with van der Waals surface area (Å²) in [6.07, 6.45) is 1.40. The number of nitrogens with zero attached hydrogens (tertiary/aromatic N) is 3. The van der Waals surface area contributed by atoms with Crippen LogP contribution in [0.1, 0.15) is 26.3 Å². The van der Waals surface area contributed by atoms with Gasteiger partial charge in [-0.1, -0.05) is 6.07 Å². The van der Waals surface area contributed by atoms with Crippen LogP contribution in [-0.4, -0.2) is 32.7 Å². The van der Waals surface area contributed by atoms with E-state index in [-0.39, 0.29) is 23.0 Å². The molecule has 3 rings (SSSR count). The number of hydrogen-bond donors (Lipinski definition) is 3. The Labute approximate surface area is 189 Å². The second-order valence-corrected chi connectivity index (χ2v) is 7.93. The molecule has 0 spiro atoms. The third kappa shape index (κ3) is 5.98. The minimum Gasteiger partial charge on any atom is -0.388 e. The predicted molar refractivity (Wildman–Crippen MR) is 119 cm³/mol. The fraction of sp³-hybridized carbons (Fsp3) is 0.261. The average Bonchev–Trinajstić information content (AvgIpc) is 2.74.